The number of likely N-dealkylation sites (tertiary alicyclic amines) is 2. The van der Waals surface area contributed by atoms with Crippen LogP contribution in [0.1, 0.15) is 48.9 Å². The maximum Gasteiger partial charge on any atom is 0.253 e. The van der Waals surface area contributed by atoms with Crippen molar-refractivity contribution in [2.75, 3.05) is 26.2 Å². The van der Waals surface area contributed by atoms with E-state index in [2.05, 4.69) is 15.5 Å². The van der Waals surface area contributed by atoms with Gasteiger partial charge < -0.3 is 9.80 Å². The van der Waals surface area contributed by atoms with Crippen LogP contribution in [-0.4, -0.2) is 68.0 Å². The molecular formula is C20H26N6O2. The first-order valence-electron chi connectivity index (χ1n) is 10.1. The normalized spacial score (nSPS) is 18.7. The van der Waals surface area contributed by atoms with Crippen molar-refractivity contribution >= 4 is 11.8 Å². The monoisotopic (exact) mass is 382 g/mol. The van der Waals surface area contributed by atoms with Crippen molar-refractivity contribution in [3.8, 4) is 5.69 Å². The molecule has 2 saturated heterocycles. The molecule has 2 fully saturated rings. The van der Waals surface area contributed by atoms with Crippen LogP contribution in [0.2, 0.25) is 0 Å². The van der Waals surface area contributed by atoms with E-state index in [4.69, 9.17) is 0 Å². The fourth-order valence-electron chi connectivity index (χ4n) is 4.10. The van der Waals surface area contributed by atoms with Crippen molar-refractivity contribution in [2.24, 2.45) is 5.92 Å². The number of benzene rings is 1. The summed E-state index contributed by atoms with van der Waals surface area (Å²) < 4.78 is 1.55. The molecule has 0 N–H and O–H groups in total. The third kappa shape index (κ3) is 4.05. The highest BCUT2D eigenvalue weighted by Crippen LogP contribution is 2.23. The fourth-order valence-corrected chi connectivity index (χ4v) is 4.10. The lowest BCUT2D eigenvalue weighted by Crippen LogP contribution is -2.44. The van der Waals surface area contributed by atoms with Gasteiger partial charge in [-0.3, -0.25) is 9.59 Å². The molecule has 8 nitrogen and oxygen atoms in total. The topological polar surface area (TPSA) is 84.2 Å². The van der Waals surface area contributed by atoms with Crippen LogP contribution in [0.15, 0.2) is 30.6 Å². The van der Waals surface area contributed by atoms with E-state index in [9.17, 15) is 9.59 Å². The van der Waals surface area contributed by atoms with Crippen LogP contribution < -0.4 is 0 Å². The molecular weight excluding hydrogens is 356 g/mol. The summed E-state index contributed by atoms with van der Waals surface area (Å²) in [5.74, 6) is 0.369. The van der Waals surface area contributed by atoms with E-state index in [1.165, 1.54) is 19.2 Å². The van der Waals surface area contributed by atoms with Gasteiger partial charge in [-0.15, -0.1) is 5.10 Å². The minimum atomic E-state index is 0.0175. The second-order valence-electron chi connectivity index (χ2n) is 7.61. The van der Waals surface area contributed by atoms with Crippen LogP contribution in [0.5, 0.6) is 0 Å². The van der Waals surface area contributed by atoms with Gasteiger partial charge in [0.05, 0.1) is 5.69 Å². The number of aromatic nitrogens is 4. The molecule has 28 heavy (non-hydrogen) atoms. The van der Waals surface area contributed by atoms with Crippen LogP contribution in [-0.2, 0) is 4.79 Å². The summed E-state index contributed by atoms with van der Waals surface area (Å²) >= 11 is 0. The van der Waals surface area contributed by atoms with E-state index in [-0.39, 0.29) is 11.8 Å². The first-order chi connectivity index (χ1) is 13.7. The molecule has 2 amide bonds. The van der Waals surface area contributed by atoms with Crippen molar-refractivity contribution in [3.63, 3.8) is 0 Å². The second-order valence-corrected chi connectivity index (χ2v) is 7.61. The molecule has 0 atom stereocenters. The van der Waals surface area contributed by atoms with Gasteiger partial charge in [0.2, 0.25) is 5.91 Å². The fraction of sp³-hybridized carbons (Fsp3) is 0.550. The molecule has 0 bridgehead atoms. The lowest BCUT2D eigenvalue weighted by atomic mass is 9.94. The Balaban J connectivity index is 1.33. The molecule has 2 aliphatic rings. The third-order valence-corrected chi connectivity index (χ3v) is 5.78. The predicted octanol–water partition coefficient (Wildman–Crippen LogP) is 1.92. The van der Waals surface area contributed by atoms with Gasteiger partial charge in [0.1, 0.15) is 6.33 Å². The Hall–Kier alpha value is -2.77. The van der Waals surface area contributed by atoms with Crippen LogP contribution >= 0.6 is 0 Å². The Bertz CT molecular complexity index is 789. The second kappa shape index (κ2) is 8.50. The van der Waals surface area contributed by atoms with Crippen molar-refractivity contribution in [2.45, 2.75) is 38.5 Å². The van der Waals surface area contributed by atoms with Crippen molar-refractivity contribution in [1.29, 1.82) is 0 Å². The molecule has 0 spiro atoms. The number of nitrogens with zero attached hydrogens (tertiary/aromatic N) is 6. The molecule has 148 valence electrons. The number of carbonyl (C=O) groups excluding carboxylic acids is 2. The largest absolute Gasteiger partial charge is 0.342 e. The summed E-state index contributed by atoms with van der Waals surface area (Å²) in [5.41, 5.74) is 1.46. The minimum Gasteiger partial charge on any atom is -0.342 e. The van der Waals surface area contributed by atoms with Gasteiger partial charge in [-0.1, -0.05) is 12.8 Å². The summed E-state index contributed by atoms with van der Waals surface area (Å²) in [4.78, 5) is 29.5. The first kappa shape index (κ1) is 18.6. The van der Waals surface area contributed by atoms with E-state index in [0.717, 1.165) is 44.5 Å². The van der Waals surface area contributed by atoms with Gasteiger partial charge >= 0.3 is 0 Å². The summed E-state index contributed by atoms with van der Waals surface area (Å²) in [6.45, 7) is 3.06. The van der Waals surface area contributed by atoms with E-state index in [1.807, 2.05) is 21.9 Å². The predicted molar refractivity (Wildman–Crippen MR) is 103 cm³/mol. The highest BCUT2D eigenvalue weighted by Gasteiger charge is 2.30. The number of hydrogen-bond donors (Lipinski definition) is 0. The van der Waals surface area contributed by atoms with Gasteiger partial charge in [0.25, 0.3) is 5.91 Å². The number of piperidine rings is 1. The average Bonchev–Trinajstić information content (AvgIpc) is 3.15. The molecule has 3 heterocycles. The molecule has 8 heteroatoms. The van der Waals surface area contributed by atoms with Crippen molar-refractivity contribution in [3.05, 3.63) is 36.2 Å². The zero-order valence-corrected chi connectivity index (χ0v) is 16.0. The zero-order chi connectivity index (χ0) is 19.3. The number of carbonyl (C=O) groups is 2. The first-order valence-corrected chi connectivity index (χ1v) is 10.1. The van der Waals surface area contributed by atoms with E-state index < -0.39 is 0 Å². The quantitative estimate of drug-likeness (QED) is 0.810. The maximum atomic E-state index is 12.8. The van der Waals surface area contributed by atoms with E-state index in [1.54, 1.807) is 16.8 Å². The molecule has 4 rings (SSSR count). The number of rotatable bonds is 3. The smallest absolute Gasteiger partial charge is 0.253 e. The Morgan fingerprint density at radius 1 is 0.857 bits per heavy atom. The van der Waals surface area contributed by atoms with Gasteiger partial charge in [0, 0.05) is 37.7 Å². The molecule has 2 aliphatic heterocycles. The lowest BCUT2D eigenvalue weighted by molar-refractivity contribution is -0.136. The highest BCUT2D eigenvalue weighted by atomic mass is 16.2. The Morgan fingerprint density at radius 3 is 2.14 bits per heavy atom. The third-order valence-electron chi connectivity index (χ3n) is 5.78. The van der Waals surface area contributed by atoms with Crippen molar-refractivity contribution in [1.82, 2.24) is 30.0 Å². The lowest BCUT2D eigenvalue weighted by Gasteiger charge is -2.34. The van der Waals surface area contributed by atoms with E-state index in [0.29, 0.717) is 24.6 Å². The minimum absolute atomic E-state index is 0.0175. The molecule has 0 unspecified atom stereocenters. The standard InChI is InChI=1S/C20H26N6O2/c27-19(16-5-7-18(8-6-16)26-15-21-22-23-26)25-13-9-17(10-14-25)20(28)24-11-3-1-2-4-12-24/h5-8,15,17H,1-4,9-14H2. The Morgan fingerprint density at radius 2 is 1.54 bits per heavy atom. The number of amides is 2. The molecule has 1 aromatic carbocycles. The summed E-state index contributed by atoms with van der Waals surface area (Å²) in [5, 5.41) is 11.1. The summed E-state index contributed by atoms with van der Waals surface area (Å²) in [7, 11) is 0. The molecule has 2 aromatic rings. The van der Waals surface area contributed by atoms with Crippen LogP contribution in [0.4, 0.5) is 0 Å². The maximum absolute atomic E-state index is 12.8. The van der Waals surface area contributed by atoms with Crippen molar-refractivity contribution < 1.29 is 9.59 Å². The summed E-state index contributed by atoms with van der Waals surface area (Å²) in [6, 6.07) is 7.26. The van der Waals surface area contributed by atoms with Gasteiger partial charge in [-0.05, 0) is 60.4 Å². The molecule has 1 aromatic heterocycles. The zero-order valence-electron chi connectivity index (χ0n) is 16.0. The van der Waals surface area contributed by atoms with E-state index >= 15 is 0 Å². The van der Waals surface area contributed by atoms with Crippen LogP contribution in [0, 0.1) is 5.92 Å². The number of hydrogen-bond acceptors (Lipinski definition) is 5. The SMILES string of the molecule is O=C(c1ccc(-n2cnnn2)cc1)N1CCC(C(=O)N2CCCCCC2)CC1. The van der Waals surface area contributed by atoms with Gasteiger partial charge in [-0.25, -0.2) is 4.68 Å². The Kier molecular flexibility index (Phi) is 5.64. The highest BCUT2D eigenvalue weighted by molar-refractivity contribution is 5.94. The molecule has 0 saturated carbocycles. The van der Waals surface area contributed by atoms with Crippen LogP contribution in [0.3, 0.4) is 0 Å². The van der Waals surface area contributed by atoms with Gasteiger partial charge in [-0.2, -0.15) is 0 Å². The molecule has 0 aliphatic carbocycles. The number of tetrazole rings is 1. The molecule has 0 radical (unpaired) electrons. The van der Waals surface area contributed by atoms with Gasteiger partial charge in [0.15, 0.2) is 0 Å². The van der Waals surface area contributed by atoms with Crippen LogP contribution in [0.25, 0.3) is 5.69 Å². The summed E-state index contributed by atoms with van der Waals surface area (Å²) in [6.07, 6.45) is 7.70. The average molecular weight is 382 g/mol. The Labute approximate surface area is 164 Å².